The molecule has 3 aromatic rings. The lowest BCUT2D eigenvalue weighted by Crippen LogP contribution is -2.33. The number of fused-ring (bicyclic) bond motifs is 1. The van der Waals surface area contributed by atoms with E-state index < -0.39 is 0 Å². The average molecular weight is 345 g/mol. The van der Waals surface area contributed by atoms with Crippen molar-refractivity contribution in [1.82, 2.24) is 4.98 Å². The van der Waals surface area contributed by atoms with Crippen LogP contribution in [-0.2, 0) is 0 Å². The van der Waals surface area contributed by atoms with Crippen molar-refractivity contribution < 1.29 is 9.53 Å². The minimum absolute atomic E-state index is 0.0512. The minimum atomic E-state index is -0.318. The van der Waals surface area contributed by atoms with Crippen molar-refractivity contribution >= 4 is 17.4 Å². The Morgan fingerprint density at radius 3 is 2.58 bits per heavy atom. The molecule has 1 aliphatic rings. The van der Waals surface area contributed by atoms with Gasteiger partial charge in [0, 0.05) is 23.0 Å². The van der Waals surface area contributed by atoms with E-state index in [4.69, 9.17) is 4.74 Å². The molecule has 1 aromatic heterocycles. The number of benzene rings is 2. The van der Waals surface area contributed by atoms with Gasteiger partial charge in [0.2, 0.25) is 0 Å². The number of rotatable bonds is 4. The van der Waals surface area contributed by atoms with Crippen LogP contribution in [0.3, 0.4) is 0 Å². The quantitative estimate of drug-likeness (QED) is 0.771. The molecule has 0 saturated heterocycles. The molecule has 1 N–H and O–H groups in total. The second-order valence-corrected chi connectivity index (χ2v) is 6.23. The summed E-state index contributed by atoms with van der Waals surface area (Å²) in [4.78, 5) is 19.2. The highest BCUT2D eigenvalue weighted by Crippen LogP contribution is 2.37. The SMILES string of the molecule is COc1ccc(N[C@H]2c3ccccc3C(=O)N2c2cc(C)ccn2)cc1. The molecule has 4 rings (SSSR count). The topological polar surface area (TPSA) is 54.5 Å². The van der Waals surface area contributed by atoms with Crippen molar-refractivity contribution in [3.05, 3.63) is 83.6 Å². The number of nitrogens with one attached hydrogen (secondary N) is 1. The van der Waals surface area contributed by atoms with Gasteiger partial charge >= 0.3 is 0 Å². The maximum Gasteiger partial charge on any atom is 0.261 e. The molecule has 1 amide bonds. The zero-order valence-electron chi connectivity index (χ0n) is 14.6. The Labute approximate surface area is 152 Å². The molecule has 0 radical (unpaired) electrons. The molecule has 5 heteroatoms. The van der Waals surface area contributed by atoms with Crippen LogP contribution < -0.4 is 15.0 Å². The Kier molecular flexibility index (Phi) is 4.05. The lowest BCUT2D eigenvalue weighted by atomic mass is 10.1. The Bertz CT molecular complexity index is 953. The van der Waals surface area contributed by atoms with Gasteiger partial charge in [-0.05, 0) is 55.0 Å². The average Bonchev–Trinajstić information content (AvgIpc) is 2.95. The predicted octanol–water partition coefficient (Wildman–Crippen LogP) is 4.17. The molecule has 2 aromatic carbocycles. The van der Waals surface area contributed by atoms with Crippen molar-refractivity contribution in [2.75, 3.05) is 17.3 Å². The number of pyridine rings is 1. The molecule has 5 nitrogen and oxygen atoms in total. The highest BCUT2D eigenvalue weighted by atomic mass is 16.5. The number of hydrogen-bond donors (Lipinski definition) is 1. The maximum absolute atomic E-state index is 13.0. The van der Waals surface area contributed by atoms with Crippen LogP contribution in [0, 0.1) is 6.92 Å². The molecule has 0 bridgehead atoms. The van der Waals surface area contributed by atoms with Crippen LogP contribution in [0.2, 0.25) is 0 Å². The van der Waals surface area contributed by atoms with Crippen LogP contribution >= 0.6 is 0 Å². The van der Waals surface area contributed by atoms with Crippen molar-refractivity contribution in [3.8, 4) is 5.75 Å². The number of amides is 1. The lowest BCUT2D eigenvalue weighted by molar-refractivity contribution is 0.0992. The van der Waals surface area contributed by atoms with E-state index in [0.29, 0.717) is 11.4 Å². The Morgan fingerprint density at radius 2 is 1.85 bits per heavy atom. The van der Waals surface area contributed by atoms with E-state index in [2.05, 4.69) is 10.3 Å². The molecule has 26 heavy (non-hydrogen) atoms. The Balaban J connectivity index is 1.75. The molecule has 1 atom stereocenters. The van der Waals surface area contributed by atoms with Crippen molar-refractivity contribution in [2.45, 2.75) is 13.1 Å². The summed E-state index contributed by atoms with van der Waals surface area (Å²) in [7, 11) is 1.64. The van der Waals surface area contributed by atoms with Gasteiger partial charge in [0.25, 0.3) is 5.91 Å². The molecule has 2 heterocycles. The van der Waals surface area contributed by atoms with Gasteiger partial charge in [-0.2, -0.15) is 0 Å². The highest BCUT2D eigenvalue weighted by molar-refractivity contribution is 6.11. The molecular weight excluding hydrogens is 326 g/mol. The first-order valence-corrected chi connectivity index (χ1v) is 8.43. The van der Waals surface area contributed by atoms with Crippen LogP contribution in [0.4, 0.5) is 11.5 Å². The second-order valence-electron chi connectivity index (χ2n) is 6.23. The Hall–Kier alpha value is -3.34. The van der Waals surface area contributed by atoms with Crippen LogP contribution in [-0.4, -0.2) is 18.0 Å². The van der Waals surface area contributed by atoms with Gasteiger partial charge in [-0.1, -0.05) is 18.2 Å². The first-order chi connectivity index (χ1) is 12.7. The molecule has 0 fully saturated rings. The number of aromatic nitrogens is 1. The lowest BCUT2D eigenvalue weighted by Gasteiger charge is -2.26. The molecule has 0 unspecified atom stereocenters. The fraction of sp³-hybridized carbons (Fsp3) is 0.143. The number of carbonyl (C=O) groups excluding carboxylic acids is 1. The van der Waals surface area contributed by atoms with Crippen LogP contribution in [0.1, 0.15) is 27.7 Å². The van der Waals surface area contributed by atoms with Crippen LogP contribution in [0.5, 0.6) is 5.75 Å². The van der Waals surface area contributed by atoms with E-state index >= 15 is 0 Å². The van der Waals surface area contributed by atoms with Gasteiger partial charge in [-0.3, -0.25) is 9.69 Å². The summed E-state index contributed by atoms with van der Waals surface area (Å²) in [5.74, 6) is 1.37. The largest absolute Gasteiger partial charge is 0.497 e. The fourth-order valence-electron chi connectivity index (χ4n) is 3.19. The van der Waals surface area contributed by atoms with Gasteiger partial charge in [0.15, 0.2) is 0 Å². The number of hydrogen-bond acceptors (Lipinski definition) is 4. The number of aryl methyl sites for hydroxylation is 1. The minimum Gasteiger partial charge on any atom is -0.497 e. The summed E-state index contributed by atoms with van der Waals surface area (Å²) in [6, 6.07) is 19.2. The van der Waals surface area contributed by atoms with E-state index in [0.717, 1.165) is 22.6 Å². The fourth-order valence-corrected chi connectivity index (χ4v) is 3.19. The predicted molar refractivity (Wildman–Crippen MR) is 102 cm³/mol. The van der Waals surface area contributed by atoms with Gasteiger partial charge in [-0.25, -0.2) is 4.98 Å². The van der Waals surface area contributed by atoms with E-state index in [1.807, 2.05) is 67.6 Å². The van der Waals surface area contributed by atoms with Crippen molar-refractivity contribution in [1.29, 1.82) is 0 Å². The van der Waals surface area contributed by atoms with E-state index in [1.54, 1.807) is 18.2 Å². The maximum atomic E-state index is 13.0. The van der Waals surface area contributed by atoms with Gasteiger partial charge < -0.3 is 10.1 Å². The standard InChI is InChI=1S/C21H19N3O2/c1-14-11-12-22-19(13-14)24-20(17-5-3-4-6-18(17)21(24)25)23-15-7-9-16(26-2)10-8-15/h3-13,20,23H,1-2H3/t20-/m1/s1. The third-order valence-electron chi connectivity index (χ3n) is 4.50. The van der Waals surface area contributed by atoms with Gasteiger partial charge in [0.05, 0.1) is 7.11 Å². The number of methoxy groups -OCH3 is 1. The van der Waals surface area contributed by atoms with Crippen molar-refractivity contribution in [2.24, 2.45) is 0 Å². The molecular formula is C21H19N3O2. The van der Waals surface area contributed by atoms with Gasteiger partial charge in [0.1, 0.15) is 17.7 Å². The molecule has 1 aliphatic heterocycles. The van der Waals surface area contributed by atoms with E-state index in [-0.39, 0.29) is 12.1 Å². The monoisotopic (exact) mass is 345 g/mol. The summed E-state index contributed by atoms with van der Waals surface area (Å²) < 4.78 is 5.21. The summed E-state index contributed by atoms with van der Waals surface area (Å²) in [5.41, 5.74) is 3.60. The van der Waals surface area contributed by atoms with Crippen LogP contribution in [0.15, 0.2) is 66.9 Å². The molecule has 0 spiro atoms. The summed E-state index contributed by atoms with van der Waals surface area (Å²) in [6.45, 7) is 1.99. The zero-order chi connectivity index (χ0) is 18.1. The molecule has 130 valence electrons. The first kappa shape index (κ1) is 16.1. The zero-order valence-corrected chi connectivity index (χ0v) is 14.6. The third kappa shape index (κ3) is 2.77. The number of nitrogens with zero attached hydrogens (tertiary/aromatic N) is 2. The Morgan fingerprint density at radius 1 is 1.08 bits per heavy atom. The molecule has 0 saturated carbocycles. The highest BCUT2D eigenvalue weighted by Gasteiger charge is 2.38. The summed E-state index contributed by atoms with van der Waals surface area (Å²) in [5, 5.41) is 3.46. The smallest absolute Gasteiger partial charge is 0.261 e. The first-order valence-electron chi connectivity index (χ1n) is 8.43. The second kappa shape index (κ2) is 6.52. The van der Waals surface area contributed by atoms with Crippen molar-refractivity contribution in [3.63, 3.8) is 0 Å². The van der Waals surface area contributed by atoms with Crippen LogP contribution in [0.25, 0.3) is 0 Å². The number of ether oxygens (including phenoxy) is 1. The normalized spacial score (nSPS) is 15.7. The number of carbonyl (C=O) groups is 1. The van der Waals surface area contributed by atoms with Gasteiger partial charge in [-0.15, -0.1) is 0 Å². The third-order valence-corrected chi connectivity index (χ3v) is 4.50. The van der Waals surface area contributed by atoms with E-state index in [9.17, 15) is 4.79 Å². The van der Waals surface area contributed by atoms with E-state index in [1.165, 1.54) is 0 Å². The molecule has 0 aliphatic carbocycles. The summed E-state index contributed by atoms with van der Waals surface area (Å²) >= 11 is 0. The number of anilines is 2. The summed E-state index contributed by atoms with van der Waals surface area (Å²) in [6.07, 6.45) is 1.41.